The van der Waals surface area contributed by atoms with Crippen LogP contribution in [0.3, 0.4) is 0 Å². The molecule has 1 aromatic heterocycles. The number of nitrogens with two attached hydrogens (primary N) is 1. The molecule has 84 valence electrons. The molecule has 0 saturated heterocycles. The molecule has 0 aliphatic rings. The number of nitrogens with zero attached hydrogens (tertiary/aromatic N) is 1. The Morgan fingerprint density at radius 1 is 1.12 bits per heavy atom. The molecule has 0 bridgehead atoms. The summed E-state index contributed by atoms with van der Waals surface area (Å²) >= 11 is 0. The number of hydrogen-bond acceptors (Lipinski definition) is 0. The highest BCUT2D eigenvalue weighted by Gasteiger charge is 2.00. The average molecular weight is 219 g/mol. The van der Waals surface area contributed by atoms with Gasteiger partial charge < -0.3 is 9.88 Å². The number of aromatic nitrogens is 1. The van der Waals surface area contributed by atoms with Gasteiger partial charge in [0.05, 0.1) is 5.69 Å². The lowest BCUT2D eigenvalue weighted by atomic mass is 10.2. The Labute approximate surface area is 94.7 Å². The monoisotopic (exact) mass is 219 g/mol. The van der Waals surface area contributed by atoms with E-state index >= 15 is 0 Å². The lowest BCUT2D eigenvalue weighted by molar-refractivity contribution is -0.687. The summed E-state index contributed by atoms with van der Waals surface area (Å²) in [7, 11) is 2.04. The van der Waals surface area contributed by atoms with E-state index in [0.29, 0.717) is 0 Å². The molecule has 0 unspecified atom stereocenters. The minimum absolute atomic E-state index is 0.175. The number of quaternary nitrogens is 1. The summed E-state index contributed by atoms with van der Waals surface area (Å²) in [5.74, 6) is -0.175. The van der Waals surface area contributed by atoms with Crippen LogP contribution in [0.25, 0.3) is 0 Å². The van der Waals surface area contributed by atoms with Gasteiger partial charge in [0, 0.05) is 18.8 Å². The maximum absolute atomic E-state index is 12.7. The predicted octanol–water partition coefficient (Wildman–Crippen LogP) is 1.43. The Bertz CT molecular complexity index is 445. The van der Waals surface area contributed by atoms with Crippen molar-refractivity contribution in [1.29, 1.82) is 0 Å². The van der Waals surface area contributed by atoms with E-state index in [0.717, 1.165) is 18.7 Å². The second-order valence-electron chi connectivity index (χ2n) is 3.93. The van der Waals surface area contributed by atoms with Gasteiger partial charge in [-0.25, -0.2) is 4.39 Å². The lowest BCUT2D eigenvalue weighted by Gasteiger charge is -2.03. The first kappa shape index (κ1) is 10.9. The summed E-state index contributed by atoms with van der Waals surface area (Å²) in [6.07, 6.45) is 2.04. The van der Waals surface area contributed by atoms with Crippen molar-refractivity contribution in [2.24, 2.45) is 7.05 Å². The first-order chi connectivity index (χ1) is 7.75. The Hall–Kier alpha value is -1.61. The van der Waals surface area contributed by atoms with Gasteiger partial charge in [-0.05, 0) is 24.3 Å². The summed E-state index contributed by atoms with van der Waals surface area (Å²) < 4.78 is 14.8. The molecule has 1 aromatic carbocycles. The molecule has 0 amide bonds. The number of hydrogen-bond donors (Lipinski definition) is 1. The van der Waals surface area contributed by atoms with Crippen LogP contribution in [0.15, 0.2) is 42.6 Å². The van der Waals surface area contributed by atoms with Crippen molar-refractivity contribution in [2.45, 2.75) is 13.1 Å². The standard InChI is InChI=1S/C13H15FN2/c1-16-8-2-3-13(16)10-15-9-11-4-6-12(14)7-5-11/h2-8,15H,9-10H2,1H3/p+1. The number of benzene rings is 1. The van der Waals surface area contributed by atoms with Crippen LogP contribution in [-0.2, 0) is 20.1 Å². The first-order valence-corrected chi connectivity index (χ1v) is 5.42. The Morgan fingerprint density at radius 2 is 1.88 bits per heavy atom. The molecule has 2 nitrogen and oxygen atoms in total. The fraction of sp³-hybridized carbons (Fsp3) is 0.231. The fourth-order valence-electron chi connectivity index (χ4n) is 1.72. The molecule has 2 rings (SSSR count). The van der Waals surface area contributed by atoms with E-state index < -0.39 is 0 Å². The number of halogens is 1. The largest absolute Gasteiger partial charge is 0.350 e. The van der Waals surface area contributed by atoms with Crippen LogP contribution in [0, 0.1) is 5.82 Å². The molecule has 0 saturated carbocycles. The average Bonchev–Trinajstić information content (AvgIpc) is 2.68. The second-order valence-corrected chi connectivity index (χ2v) is 3.93. The van der Waals surface area contributed by atoms with Crippen molar-refractivity contribution >= 4 is 0 Å². The minimum atomic E-state index is -0.175. The SMILES string of the molecule is Cn1cccc1C[NH2+]Cc1ccc(F)cc1. The smallest absolute Gasteiger partial charge is 0.123 e. The van der Waals surface area contributed by atoms with Crippen LogP contribution >= 0.6 is 0 Å². The zero-order chi connectivity index (χ0) is 11.4. The zero-order valence-corrected chi connectivity index (χ0v) is 9.36. The van der Waals surface area contributed by atoms with Crippen LogP contribution < -0.4 is 5.32 Å². The molecule has 0 aliphatic carbocycles. The van der Waals surface area contributed by atoms with Crippen molar-refractivity contribution in [2.75, 3.05) is 0 Å². The van der Waals surface area contributed by atoms with Crippen LogP contribution in [-0.4, -0.2) is 4.57 Å². The van der Waals surface area contributed by atoms with E-state index in [1.165, 1.54) is 17.8 Å². The van der Waals surface area contributed by atoms with Gasteiger partial charge in [0.15, 0.2) is 0 Å². The number of aryl methyl sites for hydroxylation is 1. The molecule has 0 atom stereocenters. The van der Waals surface area contributed by atoms with E-state index in [-0.39, 0.29) is 5.82 Å². The van der Waals surface area contributed by atoms with Crippen LogP contribution in [0.2, 0.25) is 0 Å². The summed E-state index contributed by atoms with van der Waals surface area (Å²) in [6.45, 7) is 1.83. The minimum Gasteiger partial charge on any atom is -0.350 e. The van der Waals surface area contributed by atoms with Gasteiger partial charge in [0.25, 0.3) is 0 Å². The molecule has 0 spiro atoms. The Morgan fingerprint density at radius 3 is 2.50 bits per heavy atom. The summed E-state index contributed by atoms with van der Waals surface area (Å²) in [6, 6.07) is 10.8. The molecule has 0 radical (unpaired) electrons. The quantitative estimate of drug-likeness (QED) is 0.803. The topological polar surface area (TPSA) is 21.5 Å². The maximum atomic E-state index is 12.7. The van der Waals surface area contributed by atoms with Gasteiger partial charge in [-0.2, -0.15) is 0 Å². The van der Waals surface area contributed by atoms with Gasteiger partial charge >= 0.3 is 0 Å². The van der Waals surface area contributed by atoms with E-state index in [1.807, 2.05) is 31.4 Å². The fourth-order valence-corrected chi connectivity index (χ4v) is 1.72. The van der Waals surface area contributed by atoms with Crippen molar-refractivity contribution in [3.63, 3.8) is 0 Å². The van der Waals surface area contributed by atoms with Crippen LogP contribution in [0.5, 0.6) is 0 Å². The van der Waals surface area contributed by atoms with E-state index in [4.69, 9.17) is 0 Å². The number of rotatable bonds is 4. The first-order valence-electron chi connectivity index (χ1n) is 5.42. The zero-order valence-electron chi connectivity index (χ0n) is 9.36. The highest BCUT2D eigenvalue weighted by atomic mass is 19.1. The van der Waals surface area contributed by atoms with Gasteiger partial charge in [-0.15, -0.1) is 0 Å². The van der Waals surface area contributed by atoms with Gasteiger partial charge in [-0.1, -0.05) is 12.1 Å². The van der Waals surface area contributed by atoms with Crippen LogP contribution in [0.1, 0.15) is 11.3 Å². The van der Waals surface area contributed by atoms with Gasteiger partial charge in [0.1, 0.15) is 18.9 Å². The predicted molar refractivity (Wildman–Crippen MR) is 61.1 cm³/mol. The summed E-state index contributed by atoms with van der Waals surface area (Å²) in [4.78, 5) is 0. The highest BCUT2D eigenvalue weighted by molar-refractivity contribution is 5.14. The van der Waals surface area contributed by atoms with Crippen molar-refractivity contribution in [3.8, 4) is 0 Å². The van der Waals surface area contributed by atoms with E-state index in [1.54, 1.807) is 0 Å². The third-order valence-corrected chi connectivity index (χ3v) is 2.70. The van der Waals surface area contributed by atoms with Gasteiger partial charge in [-0.3, -0.25) is 0 Å². The molecule has 16 heavy (non-hydrogen) atoms. The van der Waals surface area contributed by atoms with Crippen molar-refractivity contribution < 1.29 is 9.71 Å². The Balaban J connectivity index is 1.84. The maximum Gasteiger partial charge on any atom is 0.123 e. The second kappa shape index (κ2) is 4.94. The third kappa shape index (κ3) is 2.70. The molecule has 2 N–H and O–H groups in total. The third-order valence-electron chi connectivity index (χ3n) is 2.70. The van der Waals surface area contributed by atoms with Crippen molar-refractivity contribution in [1.82, 2.24) is 4.57 Å². The normalized spacial score (nSPS) is 10.6. The molecular formula is C13H16FN2+. The molecule has 3 heteroatoms. The lowest BCUT2D eigenvalue weighted by Crippen LogP contribution is -2.81. The van der Waals surface area contributed by atoms with Gasteiger partial charge in [0.2, 0.25) is 0 Å². The highest BCUT2D eigenvalue weighted by Crippen LogP contribution is 2.01. The van der Waals surface area contributed by atoms with E-state index in [9.17, 15) is 4.39 Å². The molecule has 0 fully saturated rings. The molecule has 2 aromatic rings. The van der Waals surface area contributed by atoms with Crippen LogP contribution in [0.4, 0.5) is 4.39 Å². The Kier molecular flexibility index (Phi) is 3.37. The summed E-state index contributed by atoms with van der Waals surface area (Å²) in [5, 5.41) is 2.21. The molecule has 1 heterocycles. The van der Waals surface area contributed by atoms with E-state index in [2.05, 4.69) is 16.0 Å². The molecule has 0 aliphatic heterocycles. The molecular weight excluding hydrogens is 203 g/mol. The van der Waals surface area contributed by atoms with Crippen molar-refractivity contribution in [3.05, 3.63) is 59.7 Å². The summed E-state index contributed by atoms with van der Waals surface area (Å²) in [5.41, 5.74) is 2.44.